The topological polar surface area (TPSA) is 61.8 Å². The minimum Gasteiger partial charge on any atom is -0.325 e. The van der Waals surface area contributed by atoms with Crippen molar-refractivity contribution in [2.45, 2.75) is 11.3 Å². The number of thioether (sulfide) groups is 1. The number of hydrogen-bond donors (Lipinski definition) is 0. The lowest BCUT2D eigenvalue weighted by atomic mass is 10.4. The second kappa shape index (κ2) is 6.60. The number of fused-ring (bicyclic) bond motifs is 1. The quantitative estimate of drug-likeness (QED) is 0.619. The molecule has 0 unspecified atom stereocenters. The fourth-order valence-corrected chi connectivity index (χ4v) is 4.06. The molecule has 8 heteroatoms. The van der Waals surface area contributed by atoms with Crippen LogP contribution >= 0.6 is 27.7 Å². The zero-order valence-corrected chi connectivity index (χ0v) is 16.0. The third kappa shape index (κ3) is 2.95. The van der Waals surface area contributed by atoms with Crippen LogP contribution in [0.3, 0.4) is 0 Å². The first-order valence-electron chi connectivity index (χ1n) is 7.40. The van der Waals surface area contributed by atoms with Crippen molar-refractivity contribution in [3.05, 3.63) is 55.4 Å². The van der Waals surface area contributed by atoms with Gasteiger partial charge in [0.25, 0.3) is 5.56 Å². The summed E-state index contributed by atoms with van der Waals surface area (Å²) in [5.74, 6) is 1.63. The molecule has 2 aromatic heterocycles. The van der Waals surface area contributed by atoms with Gasteiger partial charge < -0.3 is 4.57 Å². The van der Waals surface area contributed by atoms with Gasteiger partial charge in [0.1, 0.15) is 5.82 Å². The van der Waals surface area contributed by atoms with Crippen LogP contribution in [0, 0.1) is 0 Å². The first-order valence-corrected chi connectivity index (χ1v) is 9.17. The Morgan fingerprint density at radius 3 is 2.58 bits per heavy atom. The predicted molar refractivity (Wildman–Crippen MR) is 99.8 cm³/mol. The number of nitrogens with zero attached hydrogens (tertiary/aromatic N) is 4. The van der Waals surface area contributed by atoms with Crippen molar-refractivity contribution in [2.24, 2.45) is 21.1 Å². The van der Waals surface area contributed by atoms with Crippen molar-refractivity contribution in [3.8, 4) is 0 Å². The van der Waals surface area contributed by atoms with E-state index in [1.54, 1.807) is 23.4 Å². The first kappa shape index (κ1) is 17.0. The maximum atomic E-state index is 12.3. The van der Waals surface area contributed by atoms with Crippen LogP contribution in [0.15, 0.2) is 43.2 Å². The van der Waals surface area contributed by atoms with E-state index in [0.717, 1.165) is 20.6 Å². The lowest BCUT2D eigenvalue weighted by molar-refractivity contribution is 0.705. The molecule has 0 saturated heterocycles. The molecule has 0 N–H and O–H groups in total. The summed E-state index contributed by atoms with van der Waals surface area (Å²) >= 11 is 5.19. The van der Waals surface area contributed by atoms with Gasteiger partial charge in [-0.2, -0.15) is 0 Å². The molecule has 3 rings (SSSR count). The summed E-state index contributed by atoms with van der Waals surface area (Å²) in [6.45, 7) is 0. The molecule has 6 nitrogen and oxygen atoms in total. The predicted octanol–water partition coefficient (Wildman–Crippen LogP) is 2.07. The third-order valence-corrected chi connectivity index (χ3v) is 5.45. The van der Waals surface area contributed by atoms with Crippen LogP contribution in [0.5, 0.6) is 0 Å². The molecule has 0 amide bonds. The van der Waals surface area contributed by atoms with E-state index in [4.69, 9.17) is 0 Å². The van der Waals surface area contributed by atoms with Crippen LogP contribution in [0.4, 0.5) is 0 Å². The van der Waals surface area contributed by atoms with Crippen LogP contribution in [0.25, 0.3) is 11.2 Å². The van der Waals surface area contributed by atoms with Crippen LogP contribution in [-0.2, 0) is 27.6 Å². The SMILES string of the molecule is Cn1c(=O)c2c(nc(CCSc3cccc(Br)c3)n2C)n(C)c1=O. The number of aromatic nitrogens is 4. The van der Waals surface area contributed by atoms with Gasteiger partial charge in [0, 0.05) is 42.7 Å². The first-order chi connectivity index (χ1) is 11.4. The zero-order chi connectivity index (χ0) is 17.4. The van der Waals surface area contributed by atoms with Crippen molar-refractivity contribution in [2.75, 3.05) is 5.75 Å². The van der Waals surface area contributed by atoms with Crippen molar-refractivity contribution in [3.63, 3.8) is 0 Å². The van der Waals surface area contributed by atoms with Gasteiger partial charge in [0.05, 0.1) is 0 Å². The molecule has 0 spiro atoms. The van der Waals surface area contributed by atoms with E-state index in [0.29, 0.717) is 17.6 Å². The van der Waals surface area contributed by atoms with E-state index in [9.17, 15) is 9.59 Å². The minimum atomic E-state index is -0.360. The van der Waals surface area contributed by atoms with Crippen molar-refractivity contribution >= 4 is 38.9 Å². The zero-order valence-electron chi connectivity index (χ0n) is 13.6. The van der Waals surface area contributed by atoms with Gasteiger partial charge in [-0.05, 0) is 18.2 Å². The number of hydrogen-bond acceptors (Lipinski definition) is 4. The summed E-state index contributed by atoms with van der Waals surface area (Å²) in [4.78, 5) is 30.1. The van der Waals surface area contributed by atoms with Gasteiger partial charge in [-0.15, -0.1) is 11.8 Å². The Bertz CT molecular complexity index is 1030. The summed E-state index contributed by atoms with van der Waals surface area (Å²) < 4.78 is 5.37. The van der Waals surface area contributed by atoms with Crippen LogP contribution in [0.1, 0.15) is 5.82 Å². The third-order valence-electron chi connectivity index (χ3n) is 3.96. The number of benzene rings is 1. The molecule has 0 aliphatic carbocycles. The summed E-state index contributed by atoms with van der Waals surface area (Å²) in [7, 11) is 4.94. The average molecular weight is 409 g/mol. The Labute approximate surface area is 151 Å². The normalized spacial score (nSPS) is 11.3. The molecule has 0 aliphatic rings. The molecule has 126 valence electrons. The number of halogens is 1. The fourth-order valence-electron chi connectivity index (χ4n) is 2.60. The number of rotatable bonds is 4. The summed E-state index contributed by atoms with van der Waals surface area (Å²) in [6, 6.07) is 8.12. The maximum absolute atomic E-state index is 12.3. The number of aryl methyl sites for hydroxylation is 3. The van der Waals surface area contributed by atoms with E-state index in [2.05, 4.69) is 33.0 Å². The summed E-state index contributed by atoms with van der Waals surface area (Å²) in [6.07, 6.45) is 0.708. The molecule has 0 bridgehead atoms. The van der Waals surface area contributed by atoms with Gasteiger partial charge in [0.15, 0.2) is 11.2 Å². The molecule has 24 heavy (non-hydrogen) atoms. The highest BCUT2D eigenvalue weighted by molar-refractivity contribution is 9.10. The smallest absolute Gasteiger partial charge is 0.325 e. The highest BCUT2D eigenvalue weighted by atomic mass is 79.9. The van der Waals surface area contributed by atoms with Gasteiger partial charge >= 0.3 is 5.69 Å². The van der Waals surface area contributed by atoms with Crippen LogP contribution in [-0.4, -0.2) is 24.4 Å². The standard InChI is InChI=1S/C16H17BrN4O2S/c1-19-12(7-8-24-11-6-4-5-10(17)9-11)18-14-13(19)15(22)21(3)16(23)20(14)2/h4-6,9H,7-8H2,1-3H3. The molecule has 2 heterocycles. The lowest BCUT2D eigenvalue weighted by Crippen LogP contribution is -2.37. The van der Waals surface area contributed by atoms with Crippen LogP contribution in [0.2, 0.25) is 0 Å². The lowest BCUT2D eigenvalue weighted by Gasteiger charge is -2.04. The summed E-state index contributed by atoms with van der Waals surface area (Å²) in [5, 5.41) is 0. The van der Waals surface area contributed by atoms with Gasteiger partial charge in [-0.3, -0.25) is 13.9 Å². The van der Waals surface area contributed by atoms with Crippen molar-refractivity contribution < 1.29 is 0 Å². The molecule has 0 atom stereocenters. The molecule has 0 fully saturated rings. The van der Waals surface area contributed by atoms with Crippen molar-refractivity contribution in [1.82, 2.24) is 18.7 Å². The van der Waals surface area contributed by atoms with E-state index in [1.807, 2.05) is 19.2 Å². The Hall–Kier alpha value is -1.80. The van der Waals surface area contributed by atoms with E-state index >= 15 is 0 Å². The number of imidazole rings is 1. The van der Waals surface area contributed by atoms with E-state index in [-0.39, 0.29) is 11.2 Å². The molecule has 0 radical (unpaired) electrons. The summed E-state index contributed by atoms with van der Waals surface area (Å²) in [5.41, 5.74) is 0.227. The monoisotopic (exact) mass is 408 g/mol. The molecular formula is C16H17BrN4O2S. The van der Waals surface area contributed by atoms with Gasteiger partial charge in [-0.1, -0.05) is 22.0 Å². The highest BCUT2D eigenvalue weighted by Crippen LogP contribution is 2.23. The Morgan fingerprint density at radius 1 is 1.12 bits per heavy atom. The fraction of sp³-hybridized carbons (Fsp3) is 0.312. The second-order valence-electron chi connectivity index (χ2n) is 5.52. The molecule has 3 aromatic rings. The second-order valence-corrected chi connectivity index (χ2v) is 7.60. The highest BCUT2D eigenvalue weighted by Gasteiger charge is 2.16. The molecule has 0 aliphatic heterocycles. The average Bonchev–Trinajstić information content (AvgIpc) is 2.88. The van der Waals surface area contributed by atoms with Gasteiger partial charge in [0.2, 0.25) is 0 Å². The van der Waals surface area contributed by atoms with E-state index in [1.165, 1.54) is 16.5 Å². The minimum absolute atomic E-state index is 0.311. The van der Waals surface area contributed by atoms with Crippen LogP contribution < -0.4 is 11.2 Å². The molecular weight excluding hydrogens is 392 g/mol. The molecule has 1 aromatic carbocycles. The largest absolute Gasteiger partial charge is 0.332 e. The Kier molecular flexibility index (Phi) is 4.69. The Morgan fingerprint density at radius 2 is 1.88 bits per heavy atom. The maximum Gasteiger partial charge on any atom is 0.332 e. The molecule has 0 saturated carbocycles. The Balaban J connectivity index is 1.90. The van der Waals surface area contributed by atoms with Gasteiger partial charge in [-0.25, -0.2) is 9.78 Å². The van der Waals surface area contributed by atoms with Crippen molar-refractivity contribution in [1.29, 1.82) is 0 Å². The van der Waals surface area contributed by atoms with E-state index < -0.39 is 0 Å².